The number of nitro benzene ring substituents is 1. The molecule has 0 spiro atoms. The average molecular weight is 911 g/mol. The maximum atomic E-state index is 14.3. The van der Waals surface area contributed by atoms with Gasteiger partial charge in [0.1, 0.15) is 19.4 Å². The van der Waals surface area contributed by atoms with Crippen LogP contribution in [0, 0.1) is 21.4 Å². The Morgan fingerprint density at radius 2 is 1.76 bits per heavy atom. The number of hydrogen-bond donors (Lipinski definition) is 3. The summed E-state index contributed by atoms with van der Waals surface area (Å²) in [6, 6.07) is 21.6. The van der Waals surface area contributed by atoms with Gasteiger partial charge >= 0.3 is 0 Å². The third-order valence-corrected chi connectivity index (χ3v) is 18.3. The number of hydrogen-bond acceptors (Lipinski definition) is 10. The van der Waals surface area contributed by atoms with Gasteiger partial charge in [-0.15, -0.1) is 0 Å². The molecule has 16 heteroatoms. The van der Waals surface area contributed by atoms with Crippen molar-refractivity contribution in [3.05, 3.63) is 117 Å². The maximum Gasteiger partial charge on any atom is 0.293 e. The van der Waals surface area contributed by atoms with Crippen molar-refractivity contribution in [1.29, 1.82) is 0 Å². The molecule has 0 bridgehead atoms. The number of allylic oxidation sites excluding steroid dienone is 1. The number of carbonyl (C=O) groups is 1. The molecule has 3 N–H and O–H groups in total. The molecule has 2 aromatic heterocycles. The van der Waals surface area contributed by atoms with Crippen molar-refractivity contribution >= 4 is 79.6 Å². The van der Waals surface area contributed by atoms with Gasteiger partial charge in [0.15, 0.2) is 0 Å². The molecule has 1 amide bonds. The summed E-state index contributed by atoms with van der Waals surface area (Å²) in [4.78, 5) is 38.2. The number of aromatic nitrogens is 2. The van der Waals surface area contributed by atoms with Gasteiger partial charge in [-0.25, -0.2) is 18.1 Å². The van der Waals surface area contributed by atoms with Crippen molar-refractivity contribution in [2.45, 2.75) is 63.9 Å². The minimum absolute atomic E-state index is 0.217. The van der Waals surface area contributed by atoms with E-state index in [-0.39, 0.29) is 33.2 Å². The lowest BCUT2D eigenvalue weighted by molar-refractivity contribution is -0.384. The number of halogens is 1. The summed E-state index contributed by atoms with van der Waals surface area (Å²) in [5.41, 5.74) is 6.18. The molecule has 3 aromatic carbocycles. The Morgan fingerprint density at radius 3 is 2.49 bits per heavy atom. The van der Waals surface area contributed by atoms with Crippen LogP contribution in [0.1, 0.15) is 61.9 Å². The van der Waals surface area contributed by atoms with E-state index >= 15 is 0 Å². The Bertz CT molecular complexity index is 2650. The molecule has 5 aromatic rings. The average Bonchev–Trinajstić information content (AvgIpc) is 3.75. The van der Waals surface area contributed by atoms with Crippen molar-refractivity contribution in [3.63, 3.8) is 0 Å². The predicted molar refractivity (Wildman–Crippen MR) is 254 cm³/mol. The normalized spacial score (nSPS) is 17.8. The van der Waals surface area contributed by atoms with Gasteiger partial charge in [-0.2, -0.15) is 0 Å². The molecule has 0 atom stereocenters. The fourth-order valence-electron chi connectivity index (χ4n) is 9.20. The summed E-state index contributed by atoms with van der Waals surface area (Å²) < 4.78 is 35.4. The summed E-state index contributed by atoms with van der Waals surface area (Å²) in [6.07, 6.45) is 8.58. The first-order chi connectivity index (χ1) is 30.1. The van der Waals surface area contributed by atoms with Gasteiger partial charge in [0, 0.05) is 92.6 Å². The van der Waals surface area contributed by atoms with Crippen molar-refractivity contribution in [2.24, 2.45) is 11.3 Å². The molecule has 3 aliphatic rings. The number of nitrogens with zero attached hydrogens (tertiary/aromatic N) is 4. The van der Waals surface area contributed by atoms with Crippen LogP contribution in [0.25, 0.3) is 16.6 Å². The number of pyridine rings is 1. The zero-order valence-corrected chi connectivity index (χ0v) is 38.9. The first-order valence-corrected chi connectivity index (χ1v) is 26.6. The highest BCUT2D eigenvalue weighted by atomic mass is 35.5. The molecule has 2 fully saturated rings. The molecule has 0 radical (unpaired) electrons. The Labute approximate surface area is 375 Å². The van der Waals surface area contributed by atoms with Crippen LogP contribution in [0.2, 0.25) is 18.1 Å². The van der Waals surface area contributed by atoms with Crippen LogP contribution in [-0.2, 0) is 14.8 Å². The number of benzene rings is 3. The van der Waals surface area contributed by atoms with Gasteiger partial charge in [0.05, 0.1) is 9.82 Å². The highest BCUT2D eigenvalue weighted by molar-refractivity contribution is 7.90. The fourth-order valence-corrected chi connectivity index (χ4v) is 12.9. The van der Waals surface area contributed by atoms with Gasteiger partial charge in [0.2, 0.25) is 0 Å². The van der Waals surface area contributed by atoms with Crippen molar-refractivity contribution in [2.75, 3.05) is 62.7 Å². The Morgan fingerprint density at radius 1 is 1.02 bits per heavy atom. The molecule has 332 valence electrons. The van der Waals surface area contributed by atoms with E-state index in [9.17, 15) is 23.3 Å². The van der Waals surface area contributed by atoms with Gasteiger partial charge in [-0.3, -0.25) is 19.8 Å². The third-order valence-electron chi connectivity index (χ3n) is 13.2. The van der Waals surface area contributed by atoms with Gasteiger partial charge < -0.3 is 19.9 Å². The van der Waals surface area contributed by atoms with Gasteiger partial charge in [-0.05, 0) is 113 Å². The molecule has 2 aliphatic heterocycles. The number of nitrogens with one attached hydrogen (secondary N) is 3. The van der Waals surface area contributed by atoms with Crippen molar-refractivity contribution < 1.29 is 22.9 Å². The van der Waals surface area contributed by atoms with Crippen LogP contribution in [0.3, 0.4) is 0 Å². The molecule has 4 heterocycles. The first-order valence-electron chi connectivity index (χ1n) is 21.8. The Hall–Kier alpha value is -5.06. The number of ether oxygens (including phenoxy) is 1. The van der Waals surface area contributed by atoms with E-state index in [1.807, 2.05) is 36.7 Å². The highest BCUT2D eigenvalue weighted by Gasteiger charge is 2.35. The third kappa shape index (κ3) is 10.0. The van der Waals surface area contributed by atoms with E-state index in [2.05, 4.69) is 81.0 Å². The number of fused-ring (bicyclic) bond motifs is 1. The van der Waals surface area contributed by atoms with E-state index in [0.29, 0.717) is 19.8 Å². The van der Waals surface area contributed by atoms with Crippen LogP contribution < -0.4 is 25.3 Å². The fraction of sp³-hybridized carbons (Fsp3) is 0.404. The zero-order valence-electron chi connectivity index (χ0n) is 36.4. The minimum atomic E-state index is -4.52. The lowest BCUT2D eigenvalue weighted by Gasteiger charge is -2.39. The molecular formula is C47H56ClN7O6SSi. The molecule has 2 saturated heterocycles. The first kappa shape index (κ1) is 44.5. The number of sulfonamides is 1. The van der Waals surface area contributed by atoms with E-state index in [1.54, 1.807) is 6.07 Å². The number of aromatic amines is 1. The lowest BCUT2D eigenvalue weighted by atomic mass is 9.72. The van der Waals surface area contributed by atoms with Crippen LogP contribution in [0.15, 0.2) is 95.7 Å². The van der Waals surface area contributed by atoms with Crippen LogP contribution >= 0.6 is 11.6 Å². The number of amides is 1. The van der Waals surface area contributed by atoms with E-state index in [4.69, 9.17) is 16.3 Å². The summed E-state index contributed by atoms with van der Waals surface area (Å²) in [5, 5.41) is 18.7. The standard InChI is InChI=1S/C47H56ClN7O6SSi/c1-47(2)17-13-35(41(28-47)33-5-7-36(48)8-6-33)31-53-19-21-54(22-20-53)37-9-11-40(44(26-37)63(3,4)39-25-34-14-18-49-45(34)51-30-39)46(56)52-62(59,60)38-10-12-42(43(27-38)55(57)58)50-29-32-15-23-61-24-16-32/h5-12,14,18,25-27,30,32,50H,13,15-17,19-24,28-29,31H2,1-4H3,(H,49,51)(H,52,56). The van der Waals surface area contributed by atoms with Crippen LogP contribution in [-0.4, -0.2) is 94.7 Å². The summed E-state index contributed by atoms with van der Waals surface area (Å²) in [6.45, 7) is 14.9. The molecule has 1 aliphatic carbocycles. The Balaban J connectivity index is 1.04. The largest absolute Gasteiger partial charge is 0.381 e. The number of anilines is 2. The highest BCUT2D eigenvalue weighted by Crippen LogP contribution is 2.43. The molecule has 0 saturated carbocycles. The molecule has 13 nitrogen and oxygen atoms in total. The molecular weight excluding hydrogens is 854 g/mol. The second kappa shape index (κ2) is 18.2. The quantitative estimate of drug-likeness (QED) is 0.0607. The topological polar surface area (TPSA) is 163 Å². The van der Waals surface area contributed by atoms with Crippen LogP contribution in [0.5, 0.6) is 0 Å². The van der Waals surface area contributed by atoms with E-state index in [1.165, 1.54) is 28.8 Å². The van der Waals surface area contributed by atoms with Gasteiger partial charge in [0.25, 0.3) is 21.6 Å². The zero-order chi connectivity index (χ0) is 44.5. The molecule has 63 heavy (non-hydrogen) atoms. The maximum absolute atomic E-state index is 14.3. The number of carbonyl (C=O) groups excluding carboxylic acids is 1. The SMILES string of the molecule is CC1(C)CCC(CN2CCN(c3ccc(C(=O)NS(=O)(=O)c4ccc(NCC5CCOCC5)c([N+](=O)[O-])c4)c([Si](C)(C)c4cnc5[nH]ccc5c4)c3)CC2)=C(c2ccc(Cl)cc2)C1. The second-order valence-corrected chi connectivity index (χ2v) is 25.0. The number of rotatable bonds is 13. The van der Waals surface area contributed by atoms with Crippen molar-refractivity contribution in [3.8, 4) is 0 Å². The number of H-pyrrole nitrogens is 1. The smallest absolute Gasteiger partial charge is 0.293 e. The summed E-state index contributed by atoms with van der Waals surface area (Å²) >= 11 is 6.26. The van der Waals surface area contributed by atoms with Gasteiger partial charge in [-0.1, -0.05) is 62.3 Å². The summed E-state index contributed by atoms with van der Waals surface area (Å²) in [7, 11) is -7.26. The lowest BCUT2D eigenvalue weighted by Crippen LogP contribution is -2.56. The van der Waals surface area contributed by atoms with E-state index in [0.717, 1.165) is 103 Å². The number of nitro groups is 1. The van der Waals surface area contributed by atoms with Crippen LogP contribution in [0.4, 0.5) is 17.1 Å². The summed E-state index contributed by atoms with van der Waals surface area (Å²) in [5.74, 6) is -0.519. The molecule has 8 rings (SSSR count). The number of piperazine rings is 1. The Kier molecular flexibility index (Phi) is 12.9. The predicted octanol–water partition coefficient (Wildman–Crippen LogP) is 7.69. The monoisotopic (exact) mass is 909 g/mol. The van der Waals surface area contributed by atoms with E-state index < -0.39 is 28.9 Å². The van der Waals surface area contributed by atoms with Crippen molar-refractivity contribution in [1.82, 2.24) is 19.6 Å². The minimum Gasteiger partial charge on any atom is -0.381 e. The molecule has 0 unspecified atom stereocenters. The second-order valence-electron chi connectivity index (χ2n) is 18.5.